The molecule has 1 aliphatic heterocycles. The first-order valence-electron chi connectivity index (χ1n) is 11.1. The number of carbonyl (C=O) groups excluding carboxylic acids is 1. The quantitative estimate of drug-likeness (QED) is 0.626. The number of anilines is 1. The highest BCUT2D eigenvalue weighted by molar-refractivity contribution is 5.77. The zero-order chi connectivity index (χ0) is 23.1. The summed E-state index contributed by atoms with van der Waals surface area (Å²) < 4.78 is 7.45. The van der Waals surface area contributed by atoms with Gasteiger partial charge in [0.2, 0.25) is 0 Å². The second-order valence-electron chi connectivity index (χ2n) is 10.5. The molecule has 1 unspecified atom stereocenters. The van der Waals surface area contributed by atoms with Crippen LogP contribution in [-0.4, -0.2) is 60.0 Å². The lowest BCUT2D eigenvalue weighted by Gasteiger charge is -2.34. The van der Waals surface area contributed by atoms with Crippen LogP contribution in [-0.2, 0) is 4.74 Å². The molecule has 3 aromatic heterocycles. The molecule has 2 N–H and O–H groups in total. The number of hydrogen-bond donors (Lipinski definition) is 2. The van der Waals surface area contributed by atoms with Crippen LogP contribution in [0.25, 0.3) is 16.8 Å². The average molecular weight is 440 g/mol. The third-order valence-electron chi connectivity index (χ3n) is 5.30. The smallest absolute Gasteiger partial charge is 0.410 e. The molecule has 0 spiro atoms. The Kier molecular flexibility index (Phi) is 5.60. The van der Waals surface area contributed by atoms with E-state index in [-0.39, 0.29) is 17.6 Å². The zero-order valence-electron chi connectivity index (χ0n) is 19.8. The molecular weight excluding hydrogens is 406 g/mol. The molecule has 0 saturated carbocycles. The Bertz CT molecular complexity index is 1090. The van der Waals surface area contributed by atoms with Crippen LogP contribution in [0, 0.1) is 0 Å². The van der Waals surface area contributed by atoms with Gasteiger partial charge in [0.15, 0.2) is 5.65 Å². The van der Waals surface area contributed by atoms with Crippen molar-refractivity contribution in [3.05, 3.63) is 30.4 Å². The predicted molar refractivity (Wildman–Crippen MR) is 124 cm³/mol. The van der Waals surface area contributed by atoms with Crippen LogP contribution in [0.15, 0.2) is 24.7 Å². The Hall–Kier alpha value is -3.10. The first-order chi connectivity index (χ1) is 15.0. The van der Waals surface area contributed by atoms with Crippen LogP contribution in [0.2, 0.25) is 0 Å². The number of rotatable bonds is 3. The first kappa shape index (κ1) is 22.1. The molecule has 172 valence electrons. The molecule has 1 amide bonds. The van der Waals surface area contributed by atoms with Gasteiger partial charge in [0.25, 0.3) is 0 Å². The predicted octanol–water partition coefficient (Wildman–Crippen LogP) is 4.44. The minimum atomic E-state index is -0.512. The van der Waals surface area contributed by atoms with Crippen molar-refractivity contribution in [2.75, 3.05) is 18.4 Å². The molecule has 3 aromatic rings. The van der Waals surface area contributed by atoms with Crippen molar-refractivity contribution >= 4 is 17.6 Å². The molecule has 1 saturated heterocycles. The van der Waals surface area contributed by atoms with Crippen molar-refractivity contribution in [2.45, 2.75) is 71.4 Å². The third kappa shape index (κ3) is 4.87. The van der Waals surface area contributed by atoms with Crippen molar-refractivity contribution in [2.24, 2.45) is 0 Å². The van der Waals surface area contributed by atoms with Crippen LogP contribution in [0.5, 0.6) is 0 Å². The van der Waals surface area contributed by atoms with Gasteiger partial charge in [-0.15, -0.1) is 0 Å². The Morgan fingerprint density at radius 3 is 2.66 bits per heavy atom. The lowest BCUT2D eigenvalue weighted by molar-refractivity contribution is 0.0197. The molecule has 32 heavy (non-hydrogen) atoms. The fraction of sp³-hybridized carbons (Fsp3) is 0.565. The number of fused-ring (bicyclic) bond motifs is 1. The largest absolute Gasteiger partial charge is 0.444 e. The Labute approximate surface area is 188 Å². The normalized spacial score (nSPS) is 17.6. The maximum absolute atomic E-state index is 12.7. The maximum atomic E-state index is 12.7. The van der Waals surface area contributed by atoms with E-state index in [4.69, 9.17) is 9.72 Å². The van der Waals surface area contributed by atoms with Crippen molar-refractivity contribution in [3.8, 4) is 11.1 Å². The number of likely N-dealkylation sites (tertiary alicyclic amines) is 1. The molecule has 9 nitrogen and oxygen atoms in total. The lowest BCUT2D eigenvalue weighted by Crippen LogP contribution is -2.42. The second kappa shape index (κ2) is 8.11. The fourth-order valence-electron chi connectivity index (χ4n) is 3.98. The van der Waals surface area contributed by atoms with Crippen molar-refractivity contribution in [1.29, 1.82) is 0 Å². The van der Waals surface area contributed by atoms with Gasteiger partial charge < -0.3 is 15.0 Å². The van der Waals surface area contributed by atoms with Crippen molar-refractivity contribution in [1.82, 2.24) is 29.7 Å². The molecule has 1 fully saturated rings. The fourth-order valence-corrected chi connectivity index (χ4v) is 3.98. The highest BCUT2D eigenvalue weighted by Gasteiger charge is 2.30. The first-order valence-corrected chi connectivity index (χ1v) is 11.1. The molecule has 0 aromatic carbocycles. The highest BCUT2D eigenvalue weighted by Crippen LogP contribution is 2.32. The van der Waals surface area contributed by atoms with Crippen LogP contribution < -0.4 is 5.32 Å². The summed E-state index contributed by atoms with van der Waals surface area (Å²) in [6, 6.07) is 2.06. The summed E-state index contributed by atoms with van der Waals surface area (Å²) in [5.74, 6) is 0.996. The van der Waals surface area contributed by atoms with E-state index < -0.39 is 5.60 Å². The van der Waals surface area contributed by atoms with Gasteiger partial charge in [0.05, 0.1) is 18.1 Å². The van der Waals surface area contributed by atoms with Crippen molar-refractivity contribution < 1.29 is 9.53 Å². The van der Waals surface area contributed by atoms with Gasteiger partial charge in [-0.2, -0.15) is 14.7 Å². The molecule has 4 rings (SSSR count). The van der Waals surface area contributed by atoms with Gasteiger partial charge in [-0.25, -0.2) is 9.78 Å². The Balaban J connectivity index is 1.71. The molecule has 0 bridgehead atoms. The molecule has 9 heteroatoms. The lowest BCUT2D eigenvalue weighted by atomic mass is 9.94. The highest BCUT2D eigenvalue weighted by atomic mass is 16.6. The number of nitrogens with one attached hydrogen (secondary N) is 2. The molecular formula is C23H33N7O2. The van der Waals surface area contributed by atoms with Crippen LogP contribution in [0.4, 0.5) is 10.6 Å². The Morgan fingerprint density at radius 2 is 2.00 bits per heavy atom. The van der Waals surface area contributed by atoms with E-state index >= 15 is 0 Å². The number of nitrogens with zero attached hydrogens (tertiary/aromatic N) is 5. The van der Waals surface area contributed by atoms with Gasteiger partial charge in [-0.1, -0.05) is 0 Å². The number of H-pyrrole nitrogens is 1. The van der Waals surface area contributed by atoms with Crippen LogP contribution in [0.3, 0.4) is 0 Å². The zero-order valence-corrected chi connectivity index (χ0v) is 19.8. The SMILES string of the molecule is CC(C)(C)Nc1cc(C2CCCN(C(=O)OC(C)(C)C)C2)nc2c(-c3cn[nH]c3)cnn12. The van der Waals surface area contributed by atoms with Gasteiger partial charge in [-0.3, -0.25) is 5.10 Å². The maximum Gasteiger partial charge on any atom is 0.410 e. The van der Waals surface area contributed by atoms with Crippen molar-refractivity contribution in [3.63, 3.8) is 0 Å². The van der Waals surface area contributed by atoms with E-state index in [0.29, 0.717) is 13.1 Å². The average Bonchev–Trinajstić information content (AvgIpc) is 3.35. The summed E-state index contributed by atoms with van der Waals surface area (Å²) >= 11 is 0. The minimum absolute atomic E-state index is 0.119. The number of piperidine rings is 1. The van der Waals surface area contributed by atoms with Gasteiger partial charge in [0, 0.05) is 47.9 Å². The van der Waals surface area contributed by atoms with E-state index in [2.05, 4.69) is 47.5 Å². The van der Waals surface area contributed by atoms with E-state index in [9.17, 15) is 4.79 Å². The second-order valence-corrected chi connectivity index (χ2v) is 10.5. The minimum Gasteiger partial charge on any atom is -0.444 e. The standard InChI is InChI=1S/C23H33N7O2/c1-22(2,3)28-19-10-18(15-8-7-9-29(14-15)21(31)32-23(4,5)6)27-20-17(13-26-30(19)20)16-11-24-25-12-16/h10-13,15,28H,7-9,14H2,1-6H3,(H,24,25). The topological polar surface area (TPSA) is 100 Å². The number of carbonyl (C=O) groups is 1. The summed E-state index contributed by atoms with van der Waals surface area (Å²) in [6.45, 7) is 13.3. The summed E-state index contributed by atoms with van der Waals surface area (Å²) in [6.07, 6.45) is 7.04. The monoisotopic (exact) mass is 439 g/mol. The van der Waals surface area contributed by atoms with E-state index in [0.717, 1.165) is 41.1 Å². The summed E-state index contributed by atoms with van der Waals surface area (Å²) in [5, 5.41) is 15.1. The van der Waals surface area contributed by atoms with Gasteiger partial charge >= 0.3 is 6.09 Å². The molecule has 4 heterocycles. The molecule has 0 aliphatic carbocycles. The number of ether oxygens (including phenoxy) is 1. The van der Waals surface area contributed by atoms with Crippen LogP contribution in [0.1, 0.15) is 66.0 Å². The summed E-state index contributed by atoms with van der Waals surface area (Å²) in [5.41, 5.74) is 2.90. The number of amides is 1. The Morgan fingerprint density at radius 1 is 1.22 bits per heavy atom. The van der Waals surface area contributed by atoms with E-state index in [1.54, 1.807) is 11.1 Å². The summed E-state index contributed by atoms with van der Waals surface area (Å²) in [7, 11) is 0. The van der Waals surface area contributed by atoms with E-state index in [1.807, 2.05) is 37.7 Å². The number of aromatic amines is 1. The molecule has 1 aliphatic rings. The van der Waals surface area contributed by atoms with Gasteiger partial charge in [-0.05, 0) is 54.4 Å². The third-order valence-corrected chi connectivity index (χ3v) is 5.30. The van der Waals surface area contributed by atoms with Crippen LogP contribution >= 0.6 is 0 Å². The van der Waals surface area contributed by atoms with Gasteiger partial charge in [0.1, 0.15) is 11.4 Å². The summed E-state index contributed by atoms with van der Waals surface area (Å²) in [4.78, 5) is 19.5. The number of aromatic nitrogens is 5. The molecule has 1 atom stereocenters. The number of hydrogen-bond acceptors (Lipinski definition) is 6. The molecule has 0 radical (unpaired) electrons. The van der Waals surface area contributed by atoms with E-state index in [1.165, 1.54) is 0 Å².